The number of rotatable bonds is 1. The van der Waals surface area contributed by atoms with E-state index in [1.54, 1.807) is 0 Å². The van der Waals surface area contributed by atoms with Gasteiger partial charge in [0.2, 0.25) is 0 Å². The minimum Gasteiger partial charge on any atom is -0.269 e. The van der Waals surface area contributed by atoms with E-state index in [2.05, 4.69) is 6.92 Å². The zero-order valence-corrected chi connectivity index (χ0v) is 6.14. The van der Waals surface area contributed by atoms with E-state index in [0.717, 1.165) is 6.54 Å². The molecule has 1 aliphatic rings. The maximum absolute atomic E-state index is 5.72. The molecule has 1 saturated heterocycles. The highest BCUT2D eigenvalue weighted by molar-refractivity contribution is 4.70. The molecule has 1 heterocycles. The van der Waals surface area contributed by atoms with Crippen molar-refractivity contribution in [3.05, 3.63) is 0 Å². The Morgan fingerprint density at radius 1 is 1.56 bits per heavy atom. The van der Waals surface area contributed by atoms with Gasteiger partial charge in [-0.25, -0.2) is 5.01 Å². The van der Waals surface area contributed by atoms with Crippen LogP contribution in [0.4, 0.5) is 0 Å². The second kappa shape index (κ2) is 3.18. The van der Waals surface area contributed by atoms with Gasteiger partial charge < -0.3 is 0 Å². The molecule has 1 aliphatic heterocycles. The first-order valence-electron chi connectivity index (χ1n) is 3.86. The van der Waals surface area contributed by atoms with Gasteiger partial charge in [0.1, 0.15) is 0 Å². The van der Waals surface area contributed by atoms with E-state index in [-0.39, 0.29) is 0 Å². The molecular formula is C7H16N2. The zero-order valence-electron chi connectivity index (χ0n) is 6.14. The highest BCUT2D eigenvalue weighted by Crippen LogP contribution is 2.15. The Morgan fingerprint density at radius 2 is 2.33 bits per heavy atom. The predicted molar refractivity (Wildman–Crippen MR) is 38.8 cm³/mol. The van der Waals surface area contributed by atoms with Crippen molar-refractivity contribution in [2.45, 2.75) is 38.6 Å². The molecule has 0 aromatic rings. The van der Waals surface area contributed by atoms with E-state index < -0.39 is 0 Å². The molecule has 0 aliphatic carbocycles. The summed E-state index contributed by atoms with van der Waals surface area (Å²) in [5, 5.41) is 1.99. The van der Waals surface area contributed by atoms with E-state index in [9.17, 15) is 0 Å². The molecule has 0 unspecified atom stereocenters. The SMILES string of the molecule is CC[C@@H]1CCCCN1N. The summed E-state index contributed by atoms with van der Waals surface area (Å²) < 4.78 is 0. The Bertz CT molecular complexity index is 83.0. The minimum absolute atomic E-state index is 0.666. The number of piperidine rings is 1. The molecule has 0 radical (unpaired) electrons. The molecule has 0 bridgehead atoms. The van der Waals surface area contributed by atoms with Crippen LogP contribution in [0.3, 0.4) is 0 Å². The number of nitrogens with two attached hydrogens (primary N) is 1. The van der Waals surface area contributed by atoms with E-state index in [0.29, 0.717) is 6.04 Å². The molecule has 1 atom stereocenters. The summed E-state index contributed by atoms with van der Waals surface area (Å²) in [4.78, 5) is 0. The van der Waals surface area contributed by atoms with Crippen LogP contribution in [0.1, 0.15) is 32.6 Å². The van der Waals surface area contributed by atoms with Crippen molar-refractivity contribution in [3.8, 4) is 0 Å². The summed E-state index contributed by atoms with van der Waals surface area (Å²) in [6.07, 6.45) is 5.16. The summed E-state index contributed by atoms with van der Waals surface area (Å²) in [7, 11) is 0. The number of hydrazine groups is 1. The second-order valence-electron chi connectivity index (χ2n) is 2.80. The summed E-state index contributed by atoms with van der Waals surface area (Å²) in [5.41, 5.74) is 0. The van der Waals surface area contributed by atoms with Crippen molar-refractivity contribution < 1.29 is 0 Å². The lowest BCUT2D eigenvalue weighted by Crippen LogP contribution is -2.43. The maximum Gasteiger partial charge on any atom is 0.0238 e. The molecule has 9 heavy (non-hydrogen) atoms. The van der Waals surface area contributed by atoms with Crippen LogP contribution >= 0.6 is 0 Å². The largest absolute Gasteiger partial charge is 0.269 e. The highest BCUT2D eigenvalue weighted by atomic mass is 15.4. The van der Waals surface area contributed by atoms with Crippen LogP contribution in [-0.4, -0.2) is 17.6 Å². The summed E-state index contributed by atoms with van der Waals surface area (Å²) in [6, 6.07) is 0.666. The zero-order chi connectivity index (χ0) is 6.69. The first kappa shape index (κ1) is 7.03. The highest BCUT2D eigenvalue weighted by Gasteiger charge is 2.16. The van der Waals surface area contributed by atoms with Crippen molar-refractivity contribution in [1.82, 2.24) is 5.01 Å². The molecule has 0 saturated carbocycles. The number of hydrogen-bond donors (Lipinski definition) is 1. The summed E-state index contributed by atoms with van der Waals surface area (Å²) >= 11 is 0. The molecule has 54 valence electrons. The van der Waals surface area contributed by atoms with Crippen molar-refractivity contribution in [2.75, 3.05) is 6.54 Å². The van der Waals surface area contributed by atoms with Gasteiger partial charge in [-0.1, -0.05) is 13.3 Å². The van der Waals surface area contributed by atoms with E-state index in [4.69, 9.17) is 5.84 Å². The Labute approximate surface area is 57.0 Å². The minimum atomic E-state index is 0.666. The smallest absolute Gasteiger partial charge is 0.0238 e. The van der Waals surface area contributed by atoms with Gasteiger partial charge in [-0.3, -0.25) is 5.84 Å². The quantitative estimate of drug-likeness (QED) is 0.536. The molecule has 2 heteroatoms. The van der Waals surface area contributed by atoms with Crippen LogP contribution in [0.15, 0.2) is 0 Å². The van der Waals surface area contributed by atoms with Crippen molar-refractivity contribution in [3.63, 3.8) is 0 Å². The second-order valence-corrected chi connectivity index (χ2v) is 2.80. The maximum atomic E-state index is 5.72. The van der Waals surface area contributed by atoms with Gasteiger partial charge in [0.25, 0.3) is 0 Å². The van der Waals surface area contributed by atoms with Gasteiger partial charge in [-0.2, -0.15) is 0 Å². The van der Waals surface area contributed by atoms with Crippen molar-refractivity contribution >= 4 is 0 Å². The summed E-state index contributed by atoms with van der Waals surface area (Å²) in [5.74, 6) is 5.72. The topological polar surface area (TPSA) is 29.3 Å². The molecule has 2 nitrogen and oxygen atoms in total. The summed E-state index contributed by atoms with van der Waals surface area (Å²) in [6.45, 7) is 3.30. The van der Waals surface area contributed by atoms with Gasteiger partial charge >= 0.3 is 0 Å². The first-order valence-corrected chi connectivity index (χ1v) is 3.86. The lowest BCUT2D eigenvalue weighted by Gasteiger charge is -2.30. The number of hydrogen-bond acceptors (Lipinski definition) is 2. The number of nitrogens with zero attached hydrogens (tertiary/aromatic N) is 1. The lowest BCUT2D eigenvalue weighted by molar-refractivity contribution is 0.146. The molecule has 0 amide bonds. The van der Waals surface area contributed by atoms with Gasteiger partial charge in [0.05, 0.1) is 0 Å². The van der Waals surface area contributed by atoms with Crippen molar-refractivity contribution in [1.29, 1.82) is 0 Å². The first-order chi connectivity index (χ1) is 4.34. The van der Waals surface area contributed by atoms with Gasteiger partial charge in [0, 0.05) is 12.6 Å². The van der Waals surface area contributed by atoms with Crippen LogP contribution in [-0.2, 0) is 0 Å². The fourth-order valence-corrected chi connectivity index (χ4v) is 1.46. The Balaban J connectivity index is 2.30. The van der Waals surface area contributed by atoms with Crippen LogP contribution in [0.2, 0.25) is 0 Å². The Kier molecular flexibility index (Phi) is 2.49. The predicted octanol–water partition coefficient (Wildman–Crippen LogP) is 1.12. The van der Waals surface area contributed by atoms with Gasteiger partial charge in [-0.05, 0) is 19.3 Å². The van der Waals surface area contributed by atoms with E-state index in [1.807, 2.05) is 5.01 Å². The Hall–Kier alpha value is -0.0800. The lowest BCUT2D eigenvalue weighted by atomic mass is 10.0. The monoisotopic (exact) mass is 128 g/mol. The average Bonchev–Trinajstić information content (AvgIpc) is 1.89. The third kappa shape index (κ3) is 1.66. The molecule has 0 aromatic heterocycles. The fraction of sp³-hybridized carbons (Fsp3) is 1.00. The van der Waals surface area contributed by atoms with Crippen LogP contribution in [0.5, 0.6) is 0 Å². The van der Waals surface area contributed by atoms with Crippen molar-refractivity contribution in [2.24, 2.45) is 5.84 Å². The molecule has 1 rings (SSSR count). The molecular weight excluding hydrogens is 112 g/mol. The van der Waals surface area contributed by atoms with Gasteiger partial charge in [0.15, 0.2) is 0 Å². The van der Waals surface area contributed by atoms with E-state index >= 15 is 0 Å². The third-order valence-electron chi connectivity index (χ3n) is 2.14. The standard InChI is InChI=1S/C7H16N2/c1-2-7-5-3-4-6-9(7)8/h7H,2-6,8H2,1H3/t7-/m1/s1. The third-order valence-corrected chi connectivity index (χ3v) is 2.14. The van der Waals surface area contributed by atoms with Crippen LogP contribution in [0.25, 0.3) is 0 Å². The molecule has 0 spiro atoms. The van der Waals surface area contributed by atoms with Crippen LogP contribution < -0.4 is 5.84 Å². The molecule has 2 N–H and O–H groups in total. The van der Waals surface area contributed by atoms with Crippen LogP contribution in [0, 0.1) is 0 Å². The fourth-order valence-electron chi connectivity index (χ4n) is 1.46. The van der Waals surface area contributed by atoms with E-state index in [1.165, 1.54) is 25.7 Å². The van der Waals surface area contributed by atoms with Gasteiger partial charge in [-0.15, -0.1) is 0 Å². The average molecular weight is 128 g/mol. The normalized spacial score (nSPS) is 30.7. The Morgan fingerprint density at radius 3 is 2.78 bits per heavy atom. The molecule has 0 aromatic carbocycles. The molecule has 1 fully saturated rings.